The molecule has 1 aliphatic rings. The molecule has 7 heteroatoms. The van der Waals surface area contributed by atoms with Crippen molar-refractivity contribution in [2.24, 2.45) is 10.7 Å². The van der Waals surface area contributed by atoms with Crippen LogP contribution < -0.4 is 15.8 Å². The molecule has 21 heavy (non-hydrogen) atoms. The van der Waals surface area contributed by atoms with Crippen molar-refractivity contribution in [2.45, 2.75) is 31.7 Å². The molecule has 0 unspecified atom stereocenters. The van der Waals surface area contributed by atoms with Crippen LogP contribution in [0.4, 0.5) is 8.78 Å². The maximum Gasteiger partial charge on any atom is 0.188 e. The fourth-order valence-corrected chi connectivity index (χ4v) is 2.24. The summed E-state index contributed by atoms with van der Waals surface area (Å²) in [7, 11) is 0. The van der Waals surface area contributed by atoms with Crippen molar-refractivity contribution in [3.05, 3.63) is 29.8 Å². The smallest absolute Gasteiger partial charge is 0.188 e. The first kappa shape index (κ1) is 17.9. The number of benzene rings is 1. The average molecular weight is 411 g/mol. The molecule has 1 aliphatic carbocycles. The first-order valence-electron chi connectivity index (χ1n) is 6.79. The highest BCUT2D eigenvalue weighted by molar-refractivity contribution is 14.0. The van der Waals surface area contributed by atoms with Crippen LogP contribution in [0.5, 0.6) is 5.75 Å². The predicted octanol–water partition coefficient (Wildman–Crippen LogP) is 2.81. The Bertz CT molecular complexity index is 479. The minimum absolute atomic E-state index is 0. The van der Waals surface area contributed by atoms with Gasteiger partial charge in [-0.15, -0.1) is 24.0 Å². The third kappa shape index (κ3) is 6.03. The molecule has 0 radical (unpaired) electrons. The molecule has 0 amide bonds. The second kappa shape index (κ2) is 9.01. The Balaban J connectivity index is 0.00000220. The fourth-order valence-electron chi connectivity index (χ4n) is 2.24. The number of guanidine groups is 1. The van der Waals surface area contributed by atoms with Crippen molar-refractivity contribution in [1.29, 1.82) is 0 Å². The molecule has 0 bridgehead atoms. The number of aliphatic imine (C=N–C) groups is 1. The van der Waals surface area contributed by atoms with E-state index in [4.69, 9.17) is 10.5 Å². The molecule has 1 saturated carbocycles. The van der Waals surface area contributed by atoms with E-state index in [0.717, 1.165) is 25.0 Å². The average Bonchev–Trinajstić information content (AvgIpc) is 2.89. The zero-order chi connectivity index (χ0) is 14.4. The summed E-state index contributed by atoms with van der Waals surface area (Å²) in [4.78, 5) is 4.11. The normalized spacial score (nSPS) is 15.6. The highest BCUT2D eigenvalue weighted by Crippen LogP contribution is 2.18. The minimum Gasteiger partial charge on any atom is -0.489 e. The Morgan fingerprint density at radius 1 is 1.33 bits per heavy atom. The number of rotatable bonds is 5. The van der Waals surface area contributed by atoms with Crippen LogP contribution in [-0.2, 0) is 0 Å². The highest BCUT2D eigenvalue weighted by atomic mass is 127. The van der Waals surface area contributed by atoms with Gasteiger partial charge in [0.05, 0.1) is 6.54 Å². The van der Waals surface area contributed by atoms with Crippen molar-refractivity contribution in [3.8, 4) is 5.75 Å². The van der Waals surface area contributed by atoms with Crippen LogP contribution in [0.15, 0.2) is 23.2 Å². The standard InChI is InChI=1S/C14H19F2N3O.HI/c15-10-5-6-13(12(16)9-10)20-8-7-18-14(17)19-11-3-1-2-4-11;/h5-6,9,11H,1-4,7-8H2,(H3,17,18,19);1H. The van der Waals surface area contributed by atoms with E-state index in [0.29, 0.717) is 18.5 Å². The van der Waals surface area contributed by atoms with Gasteiger partial charge in [-0.25, -0.2) is 13.8 Å². The number of nitrogens with two attached hydrogens (primary N) is 1. The minimum atomic E-state index is -0.717. The summed E-state index contributed by atoms with van der Waals surface area (Å²) in [6.45, 7) is 0.512. The van der Waals surface area contributed by atoms with Crippen LogP contribution in [0, 0.1) is 11.6 Å². The number of ether oxygens (including phenoxy) is 1. The lowest BCUT2D eigenvalue weighted by atomic mass is 10.2. The summed E-state index contributed by atoms with van der Waals surface area (Å²) in [5.74, 6) is -0.937. The third-order valence-electron chi connectivity index (χ3n) is 3.23. The molecule has 0 heterocycles. The molecule has 0 spiro atoms. The van der Waals surface area contributed by atoms with Gasteiger partial charge in [0.25, 0.3) is 0 Å². The van der Waals surface area contributed by atoms with E-state index >= 15 is 0 Å². The number of nitrogens with zero attached hydrogens (tertiary/aromatic N) is 1. The summed E-state index contributed by atoms with van der Waals surface area (Å²) >= 11 is 0. The second-order valence-corrected chi connectivity index (χ2v) is 4.82. The molecule has 4 nitrogen and oxygen atoms in total. The molecular formula is C14H20F2IN3O. The summed E-state index contributed by atoms with van der Waals surface area (Å²) < 4.78 is 31.1. The first-order valence-corrected chi connectivity index (χ1v) is 6.79. The fraction of sp³-hybridized carbons (Fsp3) is 0.500. The maximum atomic E-state index is 13.3. The largest absolute Gasteiger partial charge is 0.489 e. The van der Waals surface area contributed by atoms with E-state index < -0.39 is 11.6 Å². The van der Waals surface area contributed by atoms with Gasteiger partial charge in [-0.3, -0.25) is 0 Å². The molecule has 0 atom stereocenters. The summed E-state index contributed by atoms with van der Waals surface area (Å²) in [5, 5.41) is 3.14. The van der Waals surface area contributed by atoms with Gasteiger partial charge >= 0.3 is 0 Å². The van der Waals surface area contributed by atoms with Gasteiger partial charge in [0.2, 0.25) is 0 Å². The lowest BCUT2D eigenvalue weighted by Crippen LogP contribution is -2.38. The van der Waals surface area contributed by atoms with Gasteiger partial charge in [0, 0.05) is 12.1 Å². The molecule has 3 N–H and O–H groups in total. The van der Waals surface area contributed by atoms with Gasteiger partial charge in [-0.05, 0) is 25.0 Å². The molecular weight excluding hydrogens is 391 g/mol. The molecule has 1 fully saturated rings. The van der Waals surface area contributed by atoms with Gasteiger partial charge in [0.15, 0.2) is 17.5 Å². The van der Waals surface area contributed by atoms with Crippen LogP contribution in [0.25, 0.3) is 0 Å². The lowest BCUT2D eigenvalue weighted by Gasteiger charge is -2.12. The van der Waals surface area contributed by atoms with Crippen molar-refractivity contribution in [1.82, 2.24) is 5.32 Å². The Morgan fingerprint density at radius 3 is 2.71 bits per heavy atom. The van der Waals surface area contributed by atoms with Gasteiger partial charge < -0.3 is 15.8 Å². The van der Waals surface area contributed by atoms with Gasteiger partial charge in [0.1, 0.15) is 12.4 Å². The van der Waals surface area contributed by atoms with Crippen molar-refractivity contribution in [3.63, 3.8) is 0 Å². The van der Waals surface area contributed by atoms with E-state index in [9.17, 15) is 8.78 Å². The number of nitrogens with one attached hydrogen (secondary N) is 1. The molecule has 1 aromatic rings. The van der Waals surface area contributed by atoms with Crippen LogP contribution >= 0.6 is 24.0 Å². The van der Waals surface area contributed by atoms with Crippen LogP contribution in [0.2, 0.25) is 0 Å². The van der Waals surface area contributed by atoms with Gasteiger partial charge in [-0.1, -0.05) is 12.8 Å². The maximum absolute atomic E-state index is 13.3. The topological polar surface area (TPSA) is 59.6 Å². The van der Waals surface area contributed by atoms with Gasteiger partial charge in [-0.2, -0.15) is 0 Å². The lowest BCUT2D eigenvalue weighted by molar-refractivity contribution is 0.310. The Kier molecular flexibility index (Phi) is 7.69. The summed E-state index contributed by atoms with van der Waals surface area (Å²) in [6.07, 6.45) is 4.68. The van der Waals surface area contributed by atoms with E-state index in [1.54, 1.807) is 0 Å². The molecule has 0 aromatic heterocycles. The van der Waals surface area contributed by atoms with E-state index in [1.165, 1.54) is 18.9 Å². The molecule has 118 valence electrons. The van der Waals surface area contributed by atoms with Crippen molar-refractivity contribution < 1.29 is 13.5 Å². The number of halogens is 3. The number of hydrogen-bond acceptors (Lipinski definition) is 2. The Morgan fingerprint density at radius 2 is 2.05 bits per heavy atom. The van der Waals surface area contributed by atoms with Crippen molar-refractivity contribution >= 4 is 29.9 Å². The second-order valence-electron chi connectivity index (χ2n) is 4.82. The predicted molar refractivity (Wildman–Crippen MR) is 89.1 cm³/mol. The van der Waals surface area contributed by atoms with Crippen LogP contribution in [-0.4, -0.2) is 25.2 Å². The quantitative estimate of drug-likeness (QED) is 0.339. The zero-order valence-corrected chi connectivity index (χ0v) is 14.0. The summed E-state index contributed by atoms with van der Waals surface area (Å²) in [5.41, 5.74) is 5.74. The Labute approximate surface area is 140 Å². The van der Waals surface area contributed by atoms with E-state index in [-0.39, 0.29) is 36.3 Å². The Hall–Kier alpha value is -1.12. The number of hydrogen-bond donors (Lipinski definition) is 2. The van der Waals surface area contributed by atoms with Crippen LogP contribution in [0.1, 0.15) is 25.7 Å². The zero-order valence-electron chi connectivity index (χ0n) is 11.6. The monoisotopic (exact) mass is 411 g/mol. The molecule has 2 rings (SSSR count). The van der Waals surface area contributed by atoms with E-state index in [1.807, 2.05) is 0 Å². The summed E-state index contributed by atoms with van der Waals surface area (Å²) in [6, 6.07) is 3.61. The molecule has 0 saturated heterocycles. The van der Waals surface area contributed by atoms with Crippen LogP contribution in [0.3, 0.4) is 0 Å². The molecule has 0 aliphatic heterocycles. The molecule has 1 aromatic carbocycles. The third-order valence-corrected chi connectivity index (χ3v) is 3.23. The van der Waals surface area contributed by atoms with Crippen molar-refractivity contribution in [2.75, 3.05) is 13.2 Å². The highest BCUT2D eigenvalue weighted by Gasteiger charge is 2.14. The SMILES string of the molecule is I.NC(=NCCOc1ccc(F)cc1F)NC1CCCC1. The van der Waals surface area contributed by atoms with E-state index in [2.05, 4.69) is 10.3 Å². The first-order chi connectivity index (χ1) is 9.65.